The predicted molar refractivity (Wildman–Crippen MR) is 89.9 cm³/mol. The molecule has 0 atom stereocenters. The predicted octanol–water partition coefficient (Wildman–Crippen LogP) is 1.81. The zero-order chi connectivity index (χ0) is 17.3. The van der Waals surface area contributed by atoms with E-state index in [1.54, 1.807) is 21.0 Å². The van der Waals surface area contributed by atoms with Crippen LogP contribution in [0.3, 0.4) is 0 Å². The van der Waals surface area contributed by atoms with Gasteiger partial charge in [0.1, 0.15) is 16.3 Å². The van der Waals surface area contributed by atoms with E-state index in [4.69, 9.17) is 9.26 Å². The molecule has 8 heteroatoms. The first-order valence-electron chi connectivity index (χ1n) is 7.76. The number of sulfonamides is 1. The number of rotatable bonds is 4. The largest absolute Gasteiger partial charge is 0.495 e. The number of methoxy groups -OCH3 is 1. The number of hydrogen-bond acceptors (Lipinski definition) is 6. The number of hydrogen-bond donors (Lipinski definition) is 0. The van der Waals surface area contributed by atoms with E-state index in [0.29, 0.717) is 37.6 Å². The van der Waals surface area contributed by atoms with Crippen molar-refractivity contribution >= 4 is 15.7 Å². The number of ether oxygens (including phenoxy) is 1. The minimum atomic E-state index is -3.58. The first-order chi connectivity index (χ1) is 11.4. The lowest BCUT2D eigenvalue weighted by Gasteiger charge is -2.35. The molecule has 0 spiro atoms. The van der Waals surface area contributed by atoms with Gasteiger partial charge in [-0.05, 0) is 26.0 Å². The molecule has 1 saturated heterocycles. The van der Waals surface area contributed by atoms with Crippen molar-refractivity contribution in [3.05, 3.63) is 35.7 Å². The van der Waals surface area contributed by atoms with E-state index in [2.05, 4.69) is 10.1 Å². The Morgan fingerprint density at radius 3 is 2.38 bits per heavy atom. The summed E-state index contributed by atoms with van der Waals surface area (Å²) < 4.78 is 37.6. The van der Waals surface area contributed by atoms with E-state index in [-0.39, 0.29) is 4.90 Å². The fourth-order valence-electron chi connectivity index (χ4n) is 3.03. The zero-order valence-electron chi connectivity index (χ0n) is 14.0. The van der Waals surface area contributed by atoms with E-state index in [9.17, 15) is 8.42 Å². The fourth-order valence-corrected chi connectivity index (χ4v) is 4.75. The molecule has 1 aromatic carbocycles. The van der Waals surface area contributed by atoms with Gasteiger partial charge in [0.05, 0.1) is 12.8 Å². The zero-order valence-corrected chi connectivity index (χ0v) is 14.8. The average Bonchev–Trinajstić information content (AvgIpc) is 2.94. The van der Waals surface area contributed by atoms with Crippen molar-refractivity contribution in [2.45, 2.75) is 18.7 Å². The molecule has 0 unspecified atom stereocenters. The molecule has 0 bridgehead atoms. The van der Waals surface area contributed by atoms with E-state index in [1.165, 1.54) is 4.31 Å². The van der Waals surface area contributed by atoms with Crippen molar-refractivity contribution in [1.29, 1.82) is 0 Å². The van der Waals surface area contributed by atoms with Crippen molar-refractivity contribution in [3.8, 4) is 5.75 Å². The Labute approximate surface area is 141 Å². The van der Waals surface area contributed by atoms with Crippen LogP contribution in [0, 0.1) is 13.8 Å². The van der Waals surface area contributed by atoms with Gasteiger partial charge < -0.3 is 14.2 Å². The summed E-state index contributed by atoms with van der Waals surface area (Å²) in [5, 5.41) is 3.75. The Kier molecular flexibility index (Phi) is 4.51. The third kappa shape index (κ3) is 2.87. The van der Waals surface area contributed by atoms with Gasteiger partial charge in [-0.2, -0.15) is 4.31 Å². The number of piperazine rings is 1. The monoisotopic (exact) mass is 351 g/mol. The highest BCUT2D eigenvalue weighted by Gasteiger charge is 2.33. The molecule has 0 N–H and O–H groups in total. The van der Waals surface area contributed by atoms with E-state index in [0.717, 1.165) is 11.4 Å². The molecule has 2 aromatic rings. The summed E-state index contributed by atoms with van der Waals surface area (Å²) in [6.07, 6.45) is 0. The molecule has 130 valence electrons. The summed E-state index contributed by atoms with van der Waals surface area (Å²) in [6.45, 7) is 5.28. The van der Waals surface area contributed by atoms with Crippen LogP contribution in [0.5, 0.6) is 5.75 Å². The molecule has 1 aliphatic rings. The summed E-state index contributed by atoms with van der Waals surface area (Å²) in [4.78, 5) is 2.33. The molecule has 1 aliphatic heterocycles. The number of aromatic nitrogens is 1. The summed E-state index contributed by atoms with van der Waals surface area (Å²) in [6, 6.07) is 7.75. The van der Waals surface area contributed by atoms with Crippen LogP contribution in [0.15, 0.2) is 33.7 Å². The van der Waals surface area contributed by atoms with E-state index >= 15 is 0 Å². The summed E-state index contributed by atoms with van der Waals surface area (Å²) in [7, 11) is -1.95. The molecule has 0 radical (unpaired) electrons. The fraction of sp³-hybridized carbons (Fsp3) is 0.438. The van der Waals surface area contributed by atoms with Gasteiger partial charge in [0.25, 0.3) is 0 Å². The molecule has 24 heavy (non-hydrogen) atoms. The minimum Gasteiger partial charge on any atom is -0.495 e. The second-order valence-corrected chi connectivity index (χ2v) is 7.59. The highest BCUT2D eigenvalue weighted by atomic mass is 32.2. The molecule has 1 aromatic heterocycles. The second kappa shape index (κ2) is 6.45. The number of para-hydroxylation sites is 2. The Bertz CT molecular complexity index is 804. The first-order valence-corrected chi connectivity index (χ1v) is 9.20. The highest BCUT2D eigenvalue weighted by Crippen LogP contribution is 2.30. The molecule has 0 amide bonds. The van der Waals surface area contributed by atoms with Crippen LogP contribution in [0.25, 0.3) is 0 Å². The normalized spacial score (nSPS) is 16.4. The van der Waals surface area contributed by atoms with Gasteiger partial charge in [-0.15, -0.1) is 0 Å². The summed E-state index contributed by atoms with van der Waals surface area (Å²) in [5.41, 5.74) is 1.38. The Morgan fingerprint density at radius 2 is 1.79 bits per heavy atom. The van der Waals surface area contributed by atoms with Gasteiger partial charge in [0, 0.05) is 26.2 Å². The third-order valence-corrected chi connectivity index (χ3v) is 6.37. The number of nitrogens with zero attached hydrogens (tertiary/aromatic N) is 3. The van der Waals surface area contributed by atoms with Crippen LogP contribution in [0.4, 0.5) is 5.69 Å². The van der Waals surface area contributed by atoms with Crippen LogP contribution in [0.2, 0.25) is 0 Å². The number of benzene rings is 1. The standard InChI is InChI=1S/C16H21N3O4S/c1-12-16(13(2)23-17-12)24(20,21)19-10-8-18(9-11-19)14-6-4-5-7-15(14)22-3/h4-7H,8-11H2,1-3H3. The molecule has 7 nitrogen and oxygen atoms in total. The average molecular weight is 351 g/mol. The SMILES string of the molecule is COc1ccccc1N1CCN(S(=O)(=O)c2c(C)noc2C)CC1. The van der Waals surface area contributed by atoms with E-state index < -0.39 is 10.0 Å². The summed E-state index contributed by atoms with van der Waals surface area (Å²) in [5.74, 6) is 1.12. The lowest BCUT2D eigenvalue weighted by atomic mass is 10.2. The Hall–Kier alpha value is -2.06. The van der Waals surface area contributed by atoms with Crippen molar-refractivity contribution < 1.29 is 17.7 Å². The topological polar surface area (TPSA) is 75.9 Å². The maximum Gasteiger partial charge on any atom is 0.248 e. The quantitative estimate of drug-likeness (QED) is 0.836. The van der Waals surface area contributed by atoms with Crippen LogP contribution >= 0.6 is 0 Å². The van der Waals surface area contributed by atoms with Gasteiger partial charge in [-0.3, -0.25) is 0 Å². The van der Waals surface area contributed by atoms with E-state index in [1.807, 2.05) is 24.3 Å². The van der Waals surface area contributed by atoms with Crippen LogP contribution < -0.4 is 9.64 Å². The Balaban J connectivity index is 1.78. The van der Waals surface area contributed by atoms with Crippen molar-refractivity contribution in [3.63, 3.8) is 0 Å². The summed E-state index contributed by atoms with van der Waals surface area (Å²) >= 11 is 0. The number of anilines is 1. The van der Waals surface area contributed by atoms with Crippen molar-refractivity contribution in [1.82, 2.24) is 9.46 Å². The number of aryl methyl sites for hydroxylation is 2. The molecular weight excluding hydrogens is 330 g/mol. The second-order valence-electron chi connectivity index (χ2n) is 5.72. The van der Waals surface area contributed by atoms with Crippen LogP contribution in [-0.2, 0) is 10.0 Å². The van der Waals surface area contributed by atoms with Gasteiger partial charge in [0.2, 0.25) is 10.0 Å². The smallest absolute Gasteiger partial charge is 0.248 e. The van der Waals surface area contributed by atoms with Crippen LogP contribution in [0.1, 0.15) is 11.5 Å². The lowest BCUT2D eigenvalue weighted by molar-refractivity contribution is 0.374. The minimum absolute atomic E-state index is 0.188. The molecule has 1 fully saturated rings. The van der Waals surface area contributed by atoms with Gasteiger partial charge in [0.15, 0.2) is 5.76 Å². The lowest BCUT2D eigenvalue weighted by Crippen LogP contribution is -2.48. The molecule has 0 aliphatic carbocycles. The molecule has 2 heterocycles. The van der Waals surface area contributed by atoms with Gasteiger partial charge in [-0.25, -0.2) is 8.42 Å². The molecule has 3 rings (SSSR count). The van der Waals surface area contributed by atoms with Crippen molar-refractivity contribution in [2.24, 2.45) is 0 Å². The molecular formula is C16H21N3O4S. The first kappa shape index (κ1) is 16.8. The highest BCUT2D eigenvalue weighted by molar-refractivity contribution is 7.89. The Morgan fingerprint density at radius 1 is 1.12 bits per heavy atom. The van der Waals surface area contributed by atoms with Crippen LogP contribution in [-0.4, -0.2) is 51.2 Å². The van der Waals surface area contributed by atoms with Gasteiger partial charge >= 0.3 is 0 Å². The third-order valence-electron chi connectivity index (χ3n) is 4.23. The maximum atomic E-state index is 12.8. The maximum absolute atomic E-state index is 12.8. The molecule has 0 saturated carbocycles. The van der Waals surface area contributed by atoms with Crippen molar-refractivity contribution in [2.75, 3.05) is 38.2 Å². The van der Waals surface area contributed by atoms with Gasteiger partial charge in [-0.1, -0.05) is 17.3 Å².